The molecule has 84 valence electrons. The second kappa shape index (κ2) is 10.8. The van der Waals surface area contributed by atoms with E-state index >= 15 is 0 Å². The molecular formula is C14H28. The zero-order valence-electron chi connectivity index (χ0n) is 10.4. The molecule has 0 saturated heterocycles. The predicted molar refractivity (Wildman–Crippen MR) is 66.6 cm³/mol. The summed E-state index contributed by atoms with van der Waals surface area (Å²) in [6.07, 6.45) is 15.5. The maximum absolute atomic E-state index is 2.40. The number of allylic oxidation sites excluding steroid dienone is 2. The lowest BCUT2D eigenvalue weighted by Gasteiger charge is -2.09. The molecule has 0 aromatic heterocycles. The first kappa shape index (κ1) is 13.7. The SMILES string of the molecule is CCCCC/C=C/CC(CC)CCC. The number of rotatable bonds is 9. The van der Waals surface area contributed by atoms with Crippen LogP contribution in [0.3, 0.4) is 0 Å². The maximum atomic E-state index is 2.40. The van der Waals surface area contributed by atoms with Crippen LogP contribution < -0.4 is 0 Å². The van der Waals surface area contributed by atoms with E-state index in [0.29, 0.717) is 0 Å². The van der Waals surface area contributed by atoms with Crippen LogP contribution >= 0.6 is 0 Å². The molecule has 0 nitrogen and oxygen atoms in total. The molecule has 0 amide bonds. The largest absolute Gasteiger partial charge is 0.0885 e. The zero-order valence-corrected chi connectivity index (χ0v) is 10.4. The van der Waals surface area contributed by atoms with E-state index in [4.69, 9.17) is 0 Å². The monoisotopic (exact) mass is 196 g/mol. The van der Waals surface area contributed by atoms with Crippen LogP contribution in [0.15, 0.2) is 12.2 Å². The lowest BCUT2D eigenvalue weighted by molar-refractivity contribution is 0.470. The molecular weight excluding hydrogens is 168 g/mol. The molecule has 14 heavy (non-hydrogen) atoms. The van der Waals surface area contributed by atoms with Gasteiger partial charge < -0.3 is 0 Å². The van der Waals surface area contributed by atoms with Gasteiger partial charge in [0.05, 0.1) is 0 Å². The summed E-state index contributed by atoms with van der Waals surface area (Å²) in [5, 5.41) is 0. The number of hydrogen-bond donors (Lipinski definition) is 0. The first-order valence-corrected chi connectivity index (χ1v) is 6.50. The summed E-state index contributed by atoms with van der Waals surface area (Å²) in [5.41, 5.74) is 0. The highest BCUT2D eigenvalue weighted by Gasteiger charge is 2.00. The summed E-state index contributed by atoms with van der Waals surface area (Å²) in [4.78, 5) is 0. The van der Waals surface area contributed by atoms with E-state index in [2.05, 4.69) is 32.9 Å². The molecule has 0 N–H and O–H groups in total. The van der Waals surface area contributed by atoms with Gasteiger partial charge in [0.1, 0.15) is 0 Å². The first-order chi connectivity index (χ1) is 6.85. The van der Waals surface area contributed by atoms with E-state index in [9.17, 15) is 0 Å². The Balaban J connectivity index is 3.37. The van der Waals surface area contributed by atoms with E-state index in [1.807, 2.05) is 0 Å². The topological polar surface area (TPSA) is 0 Å². The molecule has 0 aromatic rings. The van der Waals surface area contributed by atoms with Gasteiger partial charge in [-0.1, -0.05) is 65.0 Å². The van der Waals surface area contributed by atoms with E-state index in [1.165, 1.54) is 51.4 Å². The summed E-state index contributed by atoms with van der Waals surface area (Å²) in [6, 6.07) is 0. The Morgan fingerprint density at radius 2 is 1.71 bits per heavy atom. The molecule has 0 aliphatic carbocycles. The van der Waals surface area contributed by atoms with Crippen LogP contribution in [0, 0.1) is 5.92 Å². The summed E-state index contributed by atoms with van der Waals surface area (Å²) < 4.78 is 0. The van der Waals surface area contributed by atoms with Crippen molar-refractivity contribution in [1.29, 1.82) is 0 Å². The van der Waals surface area contributed by atoms with Crippen molar-refractivity contribution < 1.29 is 0 Å². The fourth-order valence-corrected chi connectivity index (χ4v) is 1.82. The van der Waals surface area contributed by atoms with Crippen LogP contribution in [0.4, 0.5) is 0 Å². The second-order valence-corrected chi connectivity index (χ2v) is 4.27. The Hall–Kier alpha value is -0.260. The summed E-state index contributed by atoms with van der Waals surface area (Å²) in [5.74, 6) is 0.933. The van der Waals surface area contributed by atoms with Crippen molar-refractivity contribution in [2.45, 2.75) is 72.1 Å². The van der Waals surface area contributed by atoms with Crippen molar-refractivity contribution in [2.24, 2.45) is 5.92 Å². The Labute approximate surface area is 90.8 Å². The second-order valence-electron chi connectivity index (χ2n) is 4.27. The number of unbranched alkanes of at least 4 members (excludes halogenated alkanes) is 3. The quantitative estimate of drug-likeness (QED) is 0.345. The minimum atomic E-state index is 0.933. The van der Waals surface area contributed by atoms with Crippen molar-refractivity contribution in [1.82, 2.24) is 0 Å². The van der Waals surface area contributed by atoms with Gasteiger partial charge in [-0.25, -0.2) is 0 Å². The average molecular weight is 196 g/mol. The molecule has 1 unspecified atom stereocenters. The lowest BCUT2D eigenvalue weighted by atomic mass is 9.97. The highest BCUT2D eigenvalue weighted by molar-refractivity contribution is 4.83. The van der Waals surface area contributed by atoms with Gasteiger partial charge >= 0.3 is 0 Å². The molecule has 0 aliphatic rings. The lowest BCUT2D eigenvalue weighted by Crippen LogP contribution is -1.95. The summed E-state index contributed by atoms with van der Waals surface area (Å²) in [6.45, 7) is 6.86. The van der Waals surface area contributed by atoms with Gasteiger partial charge in [0, 0.05) is 0 Å². The molecule has 0 rings (SSSR count). The van der Waals surface area contributed by atoms with Crippen LogP contribution in [-0.4, -0.2) is 0 Å². The van der Waals surface area contributed by atoms with E-state index in [-0.39, 0.29) is 0 Å². The smallest absolute Gasteiger partial charge is 0.0322 e. The van der Waals surface area contributed by atoms with Crippen molar-refractivity contribution in [3.05, 3.63) is 12.2 Å². The van der Waals surface area contributed by atoms with Crippen molar-refractivity contribution in [2.75, 3.05) is 0 Å². The maximum Gasteiger partial charge on any atom is -0.0322 e. The van der Waals surface area contributed by atoms with Crippen LogP contribution in [0.25, 0.3) is 0 Å². The van der Waals surface area contributed by atoms with Gasteiger partial charge in [0.15, 0.2) is 0 Å². The summed E-state index contributed by atoms with van der Waals surface area (Å²) in [7, 11) is 0. The normalized spacial score (nSPS) is 13.6. The Morgan fingerprint density at radius 1 is 0.929 bits per heavy atom. The van der Waals surface area contributed by atoms with Gasteiger partial charge in [0.25, 0.3) is 0 Å². The molecule has 0 fully saturated rings. The zero-order chi connectivity index (χ0) is 10.6. The molecule has 0 aromatic carbocycles. The standard InChI is InChI=1S/C14H28/c1-4-7-8-9-10-11-13-14(6-3)12-5-2/h10-11,14H,4-9,12-13H2,1-3H3/b11-10+. The van der Waals surface area contributed by atoms with E-state index in [1.54, 1.807) is 0 Å². The highest BCUT2D eigenvalue weighted by Crippen LogP contribution is 2.15. The average Bonchev–Trinajstić information content (AvgIpc) is 2.21. The third kappa shape index (κ3) is 8.34. The Morgan fingerprint density at radius 3 is 2.29 bits per heavy atom. The van der Waals surface area contributed by atoms with Crippen LogP contribution in [-0.2, 0) is 0 Å². The van der Waals surface area contributed by atoms with Crippen LogP contribution in [0.1, 0.15) is 72.1 Å². The molecule has 0 heteroatoms. The van der Waals surface area contributed by atoms with Crippen molar-refractivity contribution in [3.63, 3.8) is 0 Å². The molecule has 0 bridgehead atoms. The van der Waals surface area contributed by atoms with Gasteiger partial charge in [-0.15, -0.1) is 0 Å². The third-order valence-electron chi connectivity index (χ3n) is 2.88. The van der Waals surface area contributed by atoms with Crippen molar-refractivity contribution in [3.8, 4) is 0 Å². The molecule has 0 aliphatic heterocycles. The molecule has 0 saturated carbocycles. The fourth-order valence-electron chi connectivity index (χ4n) is 1.82. The molecule has 0 radical (unpaired) electrons. The molecule has 0 spiro atoms. The fraction of sp³-hybridized carbons (Fsp3) is 0.857. The Bertz CT molecular complexity index is 124. The Kier molecular flexibility index (Phi) is 10.6. The van der Waals surface area contributed by atoms with Gasteiger partial charge in [-0.05, 0) is 25.2 Å². The minimum Gasteiger partial charge on any atom is -0.0885 e. The third-order valence-corrected chi connectivity index (χ3v) is 2.88. The van der Waals surface area contributed by atoms with Gasteiger partial charge in [-0.2, -0.15) is 0 Å². The van der Waals surface area contributed by atoms with Crippen LogP contribution in [0.5, 0.6) is 0 Å². The summed E-state index contributed by atoms with van der Waals surface area (Å²) >= 11 is 0. The predicted octanol–water partition coefficient (Wildman–Crippen LogP) is 5.34. The van der Waals surface area contributed by atoms with E-state index < -0.39 is 0 Å². The van der Waals surface area contributed by atoms with Gasteiger partial charge in [0.2, 0.25) is 0 Å². The first-order valence-electron chi connectivity index (χ1n) is 6.50. The van der Waals surface area contributed by atoms with Gasteiger partial charge in [-0.3, -0.25) is 0 Å². The van der Waals surface area contributed by atoms with Crippen LogP contribution in [0.2, 0.25) is 0 Å². The minimum absolute atomic E-state index is 0.933. The number of hydrogen-bond acceptors (Lipinski definition) is 0. The highest BCUT2D eigenvalue weighted by atomic mass is 14.1. The molecule has 0 heterocycles. The van der Waals surface area contributed by atoms with Crippen molar-refractivity contribution >= 4 is 0 Å². The molecule has 1 atom stereocenters. The van der Waals surface area contributed by atoms with E-state index in [0.717, 1.165) is 5.92 Å².